The van der Waals surface area contributed by atoms with E-state index in [9.17, 15) is 0 Å². The summed E-state index contributed by atoms with van der Waals surface area (Å²) < 4.78 is 0. The average molecular weight is 352 g/mol. The van der Waals surface area contributed by atoms with Crippen LogP contribution in [0.1, 0.15) is 18.1 Å². The Kier molecular flexibility index (Phi) is 4.01. The Labute approximate surface area is 151 Å². The highest BCUT2D eigenvalue weighted by Crippen LogP contribution is 2.37. The van der Waals surface area contributed by atoms with Crippen molar-refractivity contribution in [1.82, 2.24) is 15.2 Å². The molecule has 0 aliphatic carbocycles. The van der Waals surface area contributed by atoms with E-state index in [0.29, 0.717) is 17.0 Å². The Morgan fingerprint density at radius 3 is 2.88 bits per heavy atom. The van der Waals surface area contributed by atoms with Gasteiger partial charge in [0.05, 0.1) is 6.20 Å². The predicted molar refractivity (Wildman–Crippen MR) is 101 cm³/mol. The Morgan fingerprint density at radius 1 is 1.20 bits per heavy atom. The molecule has 0 saturated heterocycles. The number of rotatable bonds is 3. The van der Waals surface area contributed by atoms with Crippen LogP contribution in [0.25, 0.3) is 0 Å². The van der Waals surface area contributed by atoms with Crippen molar-refractivity contribution in [2.24, 2.45) is 0 Å². The predicted octanol–water partition coefficient (Wildman–Crippen LogP) is 4.66. The number of hydrogen-bond acceptors (Lipinski definition) is 5. The molecule has 3 aromatic rings. The lowest BCUT2D eigenvalue weighted by molar-refractivity contribution is 0.745. The summed E-state index contributed by atoms with van der Waals surface area (Å²) in [5.41, 5.74) is 4.38. The minimum Gasteiger partial charge on any atom is -0.323 e. The van der Waals surface area contributed by atoms with Gasteiger partial charge in [0.1, 0.15) is 0 Å². The number of halogens is 1. The van der Waals surface area contributed by atoms with Crippen molar-refractivity contribution in [2.45, 2.75) is 26.3 Å². The second-order valence-electron chi connectivity index (χ2n) is 6.28. The zero-order valence-corrected chi connectivity index (χ0v) is 14.8. The van der Waals surface area contributed by atoms with Crippen LogP contribution in [0, 0.1) is 6.92 Å². The summed E-state index contributed by atoms with van der Waals surface area (Å²) in [6, 6.07) is 14.5. The minimum absolute atomic E-state index is 0.329. The second-order valence-corrected chi connectivity index (χ2v) is 6.69. The molecule has 25 heavy (non-hydrogen) atoms. The third-order valence-electron chi connectivity index (χ3n) is 4.43. The number of para-hydroxylation sites is 1. The monoisotopic (exact) mass is 351 g/mol. The van der Waals surface area contributed by atoms with E-state index < -0.39 is 0 Å². The topological polar surface area (TPSA) is 53.9 Å². The van der Waals surface area contributed by atoms with E-state index in [1.807, 2.05) is 31.2 Å². The highest BCUT2D eigenvalue weighted by Gasteiger charge is 2.28. The lowest BCUT2D eigenvalue weighted by atomic mass is 10.1. The van der Waals surface area contributed by atoms with Crippen molar-refractivity contribution < 1.29 is 0 Å². The maximum absolute atomic E-state index is 6.19. The zero-order valence-electron chi connectivity index (χ0n) is 14.1. The van der Waals surface area contributed by atoms with Gasteiger partial charge < -0.3 is 10.2 Å². The van der Waals surface area contributed by atoms with Crippen LogP contribution in [-0.4, -0.2) is 21.2 Å². The summed E-state index contributed by atoms with van der Waals surface area (Å²) in [5.74, 6) is 1.24. The zero-order chi connectivity index (χ0) is 17.4. The van der Waals surface area contributed by atoms with Gasteiger partial charge in [-0.1, -0.05) is 35.9 Å². The maximum atomic E-state index is 6.19. The molecule has 6 heteroatoms. The molecule has 0 bridgehead atoms. The number of anilines is 4. The van der Waals surface area contributed by atoms with Gasteiger partial charge in [-0.05, 0) is 49.6 Å². The van der Waals surface area contributed by atoms with Gasteiger partial charge in [0.15, 0.2) is 5.82 Å². The van der Waals surface area contributed by atoms with Gasteiger partial charge in [-0.3, -0.25) is 0 Å². The molecule has 1 aromatic heterocycles. The van der Waals surface area contributed by atoms with Crippen LogP contribution >= 0.6 is 11.6 Å². The molecule has 2 aromatic carbocycles. The molecular formula is C19H18ClN5. The molecule has 0 spiro atoms. The van der Waals surface area contributed by atoms with Crippen LogP contribution in [0.3, 0.4) is 0 Å². The lowest BCUT2D eigenvalue weighted by Crippen LogP contribution is -2.25. The Morgan fingerprint density at radius 2 is 2.04 bits per heavy atom. The van der Waals surface area contributed by atoms with Gasteiger partial charge in [-0.25, -0.2) is 0 Å². The molecule has 1 N–H and O–H groups in total. The third-order valence-corrected chi connectivity index (χ3v) is 4.84. The number of hydrogen-bond donors (Lipinski definition) is 1. The molecule has 4 rings (SSSR count). The molecule has 0 saturated carbocycles. The van der Waals surface area contributed by atoms with E-state index >= 15 is 0 Å². The number of nitrogens with one attached hydrogen (secondary N) is 1. The fraction of sp³-hybridized carbons (Fsp3) is 0.211. The number of fused-ring (bicyclic) bond motifs is 1. The number of nitrogens with zero attached hydrogens (tertiary/aromatic N) is 4. The first-order valence-corrected chi connectivity index (χ1v) is 8.59. The Hall–Kier alpha value is -2.66. The van der Waals surface area contributed by atoms with Gasteiger partial charge in [-0.15, -0.1) is 5.10 Å². The standard InChI is InChI=1S/C19H18ClN5/c1-12-7-8-15(10-16(12)20)22-19-23-18(11-21-24-19)25-13(2)9-14-5-3-4-6-17(14)25/h3-8,10-11,13H,9H2,1-2H3,(H,22,23,24). The molecule has 1 atom stereocenters. The summed E-state index contributed by atoms with van der Waals surface area (Å²) in [7, 11) is 0. The van der Waals surface area contributed by atoms with Crippen LogP contribution in [0.2, 0.25) is 5.02 Å². The Balaban J connectivity index is 1.65. The fourth-order valence-corrected chi connectivity index (χ4v) is 3.36. The van der Waals surface area contributed by atoms with Crippen LogP contribution in [0.15, 0.2) is 48.7 Å². The number of aryl methyl sites for hydroxylation is 1. The first-order chi connectivity index (χ1) is 12.1. The van der Waals surface area contributed by atoms with E-state index in [1.54, 1.807) is 6.20 Å². The van der Waals surface area contributed by atoms with E-state index in [1.165, 1.54) is 11.3 Å². The molecule has 2 heterocycles. The first kappa shape index (κ1) is 15.8. The molecule has 1 aliphatic heterocycles. The smallest absolute Gasteiger partial charge is 0.249 e. The number of aromatic nitrogens is 3. The quantitative estimate of drug-likeness (QED) is 0.743. The van der Waals surface area contributed by atoms with Crippen molar-refractivity contribution in [3.63, 3.8) is 0 Å². The van der Waals surface area contributed by atoms with Crippen LogP contribution in [-0.2, 0) is 6.42 Å². The van der Waals surface area contributed by atoms with Crippen LogP contribution in [0.4, 0.5) is 23.1 Å². The molecule has 0 amide bonds. The van der Waals surface area contributed by atoms with Gasteiger partial charge in [-0.2, -0.15) is 10.1 Å². The van der Waals surface area contributed by atoms with E-state index in [0.717, 1.165) is 23.5 Å². The summed E-state index contributed by atoms with van der Waals surface area (Å²) >= 11 is 6.19. The van der Waals surface area contributed by atoms with Crippen LogP contribution in [0.5, 0.6) is 0 Å². The second kappa shape index (κ2) is 6.33. The van der Waals surface area contributed by atoms with Crippen molar-refractivity contribution in [1.29, 1.82) is 0 Å². The number of benzene rings is 2. The van der Waals surface area contributed by atoms with E-state index in [2.05, 4.69) is 50.5 Å². The summed E-state index contributed by atoms with van der Waals surface area (Å²) in [6.07, 6.45) is 2.70. The van der Waals surface area contributed by atoms with Gasteiger partial charge in [0, 0.05) is 22.4 Å². The Bertz CT molecular complexity index is 927. The minimum atomic E-state index is 0.329. The summed E-state index contributed by atoms with van der Waals surface area (Å²) in [4.78, 5) is 6.86. The van der Waals surface area contributed by atoms with E-state index in [4.69, 9.17) is 11.6 Å². The molecule has 5 nitrogen and oxygen atoms in total. The highest BCUT2D eigenvalue weighted by molar-refractivity contribution is 6.31. The first-order valence-electron chi connectivity index (χ1n) is 8.22. The average Bonchev–Trinajstić information content (AvgIpc) is 2.94. The van der Waals surface area contributed by atoms with Gasteiger partial charge in [0.25, 0.3) is 0 Å². The van der Waals surface area contributed by atoms with Gasteiger partial charge >= 0.3 is 0 Å². The normalized spacial score (nSPS) is 16.0. The van der Waals surface area contributed by atoms with Crippen LogP contribution < -0.4 is 10.2 Å². The molecular weight excluding hydrogens is 334 g/mol. The summed E-state index contributed by atoms with van der Waals surface area (Å²) in [6.45, 7) is 4.16. The molecule has 0 radical (unpaired) electrons. The summed E-state index contributed by atoms with van der Waals surface area (Å²) in [5, 5.41) is 12.1. The van der Waals surface area contributed by atoms with E-state index in [-0.39, 0.29) is 0 Å². The largest absolute Gasteiger partial charge is 0.323 e. The van der Waals surface area contributed by atoms with Crippen molar-refractivity contribution >= 4 is 34.7 Å². The lowest BCUT2D eigenvalue weighted by Gasteiger charge is -2.23. The van der Waals surface area contributed by atoms with Crippen molar-refractivity contribution in [2.75, 3.05) is 10.2 Å². The highest BCUT2D eigenvalue weighted by atomic mass is 35.5. The fourth-order valence-electron chi connectivity index (χ4n) is 3.18. The van der Waals surface area contributed by atoms with Crippen molar-refractivity contribution in [3.05, 3.63) is 64.8 Å². The molecule has 0 fully saturated rings. The van der Waals surface area contributed by atoms with Gasteiger partial charge in [0.2, 0.25) is 5.95 Å². The molecule has 126 valence electrons. The molecule has 1 aliphatic rings. The maximum Gasteiger partial charge on any atom is 0.249 e. The third kappa shape index (κ3) is 3.03. The SMILES string of the molecule is Cc1ccc(Nc2nncc(N3c4ccccc4CC3C)n2)cc1Cl. The van der Waals surface area contributed by atoms with Crippen molar-refractivity contribution in [3.8, 4) is 0 Å². The molecule has 1 unspecified atom stereocenters.